The van der Waals surface area contributed by atoms with Crippen LogP contribution in [0.3, 0.4) is 0 Å². The average Bonchev–Trinajstić information content (AvgIpc) is 2.81. The molecule has 2 rings (SSSR count). The highest BCUT2D eigenvalue weighted by molar-refractivity contribution is 6.30. The van der Waals surface area contributed by atoms with E-state index in [-0.39, 0.29) is 12.4 Å². The van der Waals surface area contributed by atoms with Gasteiger partial charge in [-0.1, -0.05) is 11.6 Å². The summed E-state index contributed by atoms with van der Waals surface area (Å²) >= 11 is 5.74. The van der Waals surface area contributed by atoms with Gasteiger partial charge in [0.05, 0.1) is 19.4 Å². The van der Waals surface area contributed by atoms with Crippen LogP contribution in [0.15, 0.2) is 30.5 Å². The van der Waals surface area contributed by atoms with Gasteiger partial charge in [0.2, 0.25) is 0 Å². The SMILES string of the molecule is Cn1ncc(OCCCOc2ccc(Cl)cc2)c1C(F)(F)F. The van der Waals surface area contributed by atoms with Crippen LogP contribution in [0.1, 0.15) is 12.1 Å². The van der Waals surface area contributed by atoms with Crippen LogP contribution >= 0.6 is 11.6 Å². The number of hydrogen-bond acceptors (Lipinski definition) is 3. The van der Waals surface area contributed by atoms with Gasteiger partial charge in [0.25, 0.3) is 0 Å². The summed E-state index contributed by atoms with van der Waals surface area (Å²) in [6.45, 7) is 0.422. The minimum atomic E-state index is -4.50. The number of rotatable bonds is 6. The van der Waals surface area contributed by atoms with E-state index in [0.29, 0.717) is 23.8 Å². The number of aromatic nitrogens is 2. The molecule has 0 saturated carbocycles. The van der Waals surface area contributed by atoms with Crippen LogP contribution in [0, 0.1) is 0 Å². The molecule has 1 aromatic carbocycles. The van der Waals surface area contributed by atoms with E-state index in [1.54, 1.807) is 24.3 Å². The number of aryl methyl sites for hydroxylation is 1. The molecule has 0 radical (unpaired) electrons. The van der Waals surface area contributed by atoms with Crippen molar-refractivity contribution in [3.63, 3.8) is 0 Å². The van der Waals surface area contributed by atoms with Crippen molar-refractivity contribution < 1.29 is 22.6 Å². The smallest absolute Gasteiger partial charge is 0.436 e. The number of nitrogens with zero attached hydrogens (tertiary/aromatic N) is 2. The van der Waals surface area contributed by atoms with Gasteiger partial charge in [-0.05, 0) is 24.3 Å². The molecule has 1 aromatic heterocycles. The van der Waals surface area contributed by atoms with Gasteiger partial charge in [0.1, 0.15) is 5.75 Å². The van der Waals surface area contributed by atoms with Crippen molar-refractivity contribution in [1.82, 2.24) is 9.78 Å². The molecule has 0 spiro atoms. The third-order valence-corrected chi connectivity index (χ3v) is 3.05. The van der Waals surface area contributed by atoms with Gasteiger partial charge in [-0.15, -0.1) is 0 Å². The van der Waals surface area contributed by atoms with Gasteiger partial charge in [-0.3, -0.25) is 4.68 Å². The van der Waals surface area contributed by atoms with E-state index in [1.165, 1.54) is 7.05 Å². The summed E-state index contributed by atoms with van der Waals surface area (Å²) in [7, 11) is 1.22. The Morgan fingerprint density at radius 2 is 1.77 bits per heavy atom. The molecule has 0 amide bonds. The lowest BCUT2D eigenvalue weighted by atomic mass is 10.3. The zero-order valence-corrected chi connectivity index (χ0v) is 12.5. The quantitative estimate of drug-likeness (QED) is 0.751. The summed E-state index contributed by atoms with van der Waals surface area (Å²) in [4.78, 5) is 0. The molecule has 0 saturated heterocycles. The molecule has 0 bridgehead atoms. The van der Waals surface area contributed by atoms with E-state index < -0.39 is 11.9 Å². The van der Waals surface area contributed by atoms with Gasteiger partial charge in [-0.25, -0.2) is 0 Å². The molecule has 22 heavy (non-hydrogen) atoms. The number of benzene rings is 1. The summed E-state index contributed by atoms with van der Waals surface area (Å²) < 4.78 is 49.7. The van der Waals surface area contributed by atoms with Crippen molar-refractivity contribution in [3.8, 4) is 11.5 Å². The van der Waals surface area contributed by atoms with Crippen LogP contribution in [-0.4, -0.2) is 23.0 Å². The molecule has 120 valence electrons. The van der Waals surface area contributed by atoms with Crippen molar-refractivity contribution in [2.24, 2.45) is 7.05 Å². The molecule has 2 aromatic rings. The van der Waals surface area contributed by atoms with Crippen molar-refractivity contribution in [1.29, 1.82) is 0 Å². The molecule has 0 aliphatic carbocycles. The first-order chi connectivity index (χ1) is 10.4. The predicted molar refractivity (Wildman–Crippen MR) is 75.3 cm³/mol. The van der Waals surface area contributed by atoms with Gasteiger partial charge in [0.15, 0.2) is 11.4 Å². The first-order valence-electron chi connectivity index (χ1n) is 6.48. The second kappa shape index (κ2) is 6.91. The topological polar surface area (TPSA) is 36.3 Å². The second-order valence-electron chi connectivity index (χ2n) is 4.48. The molecule has 0 aliphatic rings. The van der Waals surface area contributed by atoms with Crippen LogP contribution < -0.4 is 9.47 Å². The predicted octanol–water partition coefficient (Wildman–Crippen LogP) is 3.94. The molecule has 1 heterocycles. The lowest BCUT2D eigenvalue weighted by Crippen LogP contribution is -2.14. The Balaban J connectivity index is 1.79. The fraction of sp³-hybridized carbons (Fsp3) is 0.357. The maximum absolute atomic E-state index is 12.8. The summed E-state index contributed by atoms with van der Waals surface area (Å²) in [5, 5.41) is 4.17. The van der Waals surface area contributed by atoms with Gasteiger partial charge in [-0.2, -0.15) is 18.3 Å². The van der Waals surface area contributed by atoms with E-state index in [2.05, 4.69) is 5.10 Å². The monoisotopic (exact) mass is 334 g/mol. The van der Waals surface area contributed by atoms with Crippen molar-refractivity contribution in [2.75, 3.05) is 13.2 Å². The maximum Gasteiger partial charge on any atom is 0.436 e. The Labute approximate surface area is 130 Å². The minimum absolute atomic E-state index is 0.0996. The van der Waals surface area contributed by atoms with Gasteiger partial charge >= 0.3 is 6.18 Å². The molecular formula is C14H14ClF3N2O2. The number of halogens is 4. The van der Waals surface area contributed by atoms with E-state index in [0.717, 1.165) is 10.9 Å². The zero-order chi connectivity index (χ0) is 16.2. The first kappa shape index (κ1) is 16.5. The standard InChI is InChI=1S/C14H14ClF3N2O2/c1-20-13(14(16,17)18)12(9-19-20)22-8-2-7-21-11-5-3-10(15)4-6-11/h3-6,9H,2,7-8H2,1H3. The fourth-order valence-electron chi connectivity index (χ4n) is 1.81. The van der Waals surface area contributed by atoms with Crippen LogP contribution in [0.5, 0.6) is 11.5 Å². The summed E-state index contributed by atoms with van der Waals surface area (Å²) in [6, 6.07) is 6.81. The molecule has 4 nitrogen and oxygen atoms in total. The first-order valence-corrected chi connectivity index (χ1v) is 6.86. The third-order valence-electron chi connectivity index (χ3n) is 2.80. The highest BCUT2D eigenvalue weighted by Gasteiger charge is 2.38. The number of alkyl halides is 3. The molecule has 0 aliphatic heterocycles. The highest BCUT2D eigenvalue weighted by atomic mass is 35.5. The minimum Gasteiger partial charge on any atom is -0.493 e. The van der Waals surface area contributed by atoms with E-state index >= 15 is 0 Å². The third kappa shape index (κ3) is 4.30. The normalized spacial score (nSPS) is 11.5. The van der Waals surface area contributed by atoms with Crippen LogP contribution in [0.4, 0.5) is 13.2 Å². The summed E-state index contributed by atoms with van der Waals surface area (Å²) in [6.07, 6.45) is -3.00. The van der Waals surface area contributed by atoms with Crippen LogP contribution in [0.25, 0.3) is 0 Å². The summed E-state index contributed by atoms with van der Waals surface area (Å²) in [5.74, 6) is 0.364. The second-order valence-corrected chi connectivity index (χ2v) is 4.92. The molecule has 0 N–H and O–H groups in total. The highest BCUT2D eigenvalue weighted by Crippen LogP contribution is 2.35. The van der Waals surface area contributed by atoms with Gasteiger partial charge < -0.3 is 9.47 Å². The maximum atomic E-state index is 12.8. The van der Waals surface area contributed by atoms with Crippen LogP contribution in [-0.2, 0) is 13.2 Å². The van der Waals surface area contributed by atoms with E-state index in [9.17, 15) is 13.2 Å². The Hall–Kier alpha value is -1.89. The number of hydrogen-bond donors (Lipinski definition) is 0. The lowest BCUT2D eigenvalue weighted by molar-refractivity contribution is -0.145. The van der Waals surface area contributed by atoms with E-state index in [4.69, 9.17) is 21.1 Å². The number of ether oxygens (including phenoxy) is 2. The van der Waals surface area contributed by atoms with Crippen LogP contribution in [0.2, 0.25) is 5.02 Å². The largest absolute Gasteiger partial charge is 0.493 e. The molecule has 0 fully saturated rings. The van der Waals surface area contributed by atoms with Crippen molar-refractivity contribution in [2.45, 2.75) is 12.6 Å². The van der Waals surface area contributed by atoms with Crippen molar-refractivity contribution in [3.05, 3.63) is 41.2 Å². The summed E-state index contributed by atoms with van der Waals surface area (Å²) in [5.41, 5.74) is -0.897. The Morgan fingerprint density at radius 3 is 2.41 bits per heavy atom. The molecule has 0 unspecified atom stereocenters. The Bertz CT molecular complexity index is 612. The molecule has 8 heteroatoms. The average molecular weight is 335 g/mol. The molecular weight excluding hydrogens is 321 g/mol. The lowest BCUT2D eigenvalue weighted by Gasteiger charge is -2.11. The molecule has 0 atom stereocenters. The Kier molecular flexibility index (Phi) is 5.18. The van der Waals surface area contributed by atoms with Crippen molar-refractivity contribution >= 4 is 11.6 Å². The zero-order valence-electron chi connectivity index (χ0n) is 11.7. The Morgan fingerprint density at radius 1 is 1.14 bits per heavy atom. The van der Waals surface area contributed by atoms with Gasteiger partial charge in [0, 0.05) is 18.5 Å². The fourth-order valence-corrected chi connectivity index (χ4v) is 1.93. The van der Waals surface area contributed by atoms with E-state index in [1.807, 2.05) is 0 Å².